The van der Waals surface area contributed by atoms with E-state index in [2.05, 4.69) is 40.5 Å². The maximum atomic E-state index is 6.06. The number of likely N-dealkylation sites (tertiary alicyclic amines) is 1. The third kappa shape index (κ3) is 3.13. The van der Waals surface area contributed by atoms with Gasteiger partial charge in [-0.15, -0.1) is 0 Å². The van der Waals surface area contributed by atoms with Gasteiger partial charge in [0.05, 0.1) is 11.4 Å². The van der Waals surface area contributed by atoms with E-state index >= 15 is 0 Å². The Morgan fingerprint density at radius 2 is 1.67 bits per heavy atom. The van der Waals surface area contributed by atoms with E-state index in [1.807, 2.05) is 18.2 Å². The Kier molecular flexibility index (Phi) is 4.44. The Morgan fingerprint density at radius 1 is 0.917 bits per heavy atom. The van der Waals surface area contributed by atoms with E-state index in [1.165, 1.54) is 45.2 Å². The molecule has 1 unspecified atom stereocenters. The summed E-state index contributed by atoms with van der Waals surface area (Å²) in [5, 5.41) is 3.64. The van der Waals surface area contributed by atoms with Crippen molar-refractivity contribution in [1.82, 2.24) is 4.90 Å². The van der Waals surface area contributed by atoms with Gasteiger partial charge in [0.15, 0.2) is 0 Å². The van der Waals surface area contributed by atoms with Crippen LogP contribution < -0.4 is 11.1 Å². The minimum absolute atomic E-state index is 0.532. The first-order valence-corrected chi connectivity index (χ1v) is 9.24. The molecule has 24 heavy (non-hydrogen) atoms. The van der Waals surface area contributed by atoms with Gasteiger partial charge in [0.2, 0.25) is 0 Å². The number of rotatable bonds is 3. The molecular weight excluding hydrogens is 294 g/mol. The second kappa shape index (κ2) is 6.86. The Balaban J connectivity index is 1.39. The van der Waals surface area contributed by atoms with Crippen LogP contribution >= 0.6 is 0 Å². The third-order valence-electron chi connectivity index (χ3n) is 5.63. The smallest absolute Gasteiger partial charge is 0.0576 e. The number of anilines is 2. The van der Waals surface area contributed by atoms with Crippen molar-refractivity contribution in [2.45, 2.75) is 44.2 Å². The van der Waals surface area contributed by atoms with Gasteiger partial charge < -0.3 is 11.1 Å². The summed E-state index contributed by atoms with van der Waals surface area (Å²) in [6.45, 7) is 2.34. The van der Waals surface area contributed by atoms with E-state index in [9.17, 15) is 0 Å². The summed E-state index contributed by atoms with van der Waals surface area (Å²) in [6, 6.07) is 18.3. The fourth-order valence-corrected chi connectivity index (χ4v) is 4.31. The molecule has 2 aromatic rings. The molecule has 0 spiro atoms. The van der Waals surface area contributed by atoms with Gasteiger partial charge in [0.25, 0.3) is 0 Å². The summed E-state index contributed by atoms with van der Waals surface area (Å²) in [7, 11) is 0. The summed E-state index contributed by atoms with van der Waals surface area (Å²) >= 11 is 0. The molecule has 4 rings (SSSR count). The Bertz CT molecular complexity index is 689. The first-order chi connectivity index (χ1) is 11.8. The molecule has 0 amide bonds. The molecule has 1 aliphatic carbocycles. The number of nitrogens with one attached hydrogen (secondary N) is 1. The molecule has 126 valence electrons. The second-order valence-electron chi connectivity index (χ2n) is 7.15. The number of hydrogen-bond acceptors (Lipinski definition) is 3. The van der Waals surface area contributed by atoms with Gasteiger partial charge in [-0.25, -0.2) is 0 Å². The molecule has 3 N–H and O–H groups in total. The first-order valence-electron chi connectivity index (χ1n) is 9.24. The van der Waals surface area contributed by atoms with Crippen LogP contribution in [0.25, 0.3) is 0 Å². The van der Waals surface area contributed by atoms with Crippen molar-refractivity contribution in [2.24, 2.45) is 0 Å². The second-order valence-corrected chi connectivity index (χ2v) is 7.15. The van der Waals surface area contributed by atoms with Crippen molar-refractivity contribution in [3.8, 4) is 0 Å². The summed E-state index contributed by atoms with van der Waals surface area (Å²) in [5.41, 5.74) is 11.1. The van der Waals surface area contributed by atoms with E-state index in [0.717, 1.165) is 11.4 Å². The molecule has 3 heteroatoms. The van der Waals surface area contributed by atoms with Crippen LogP contribution in [0.3, 0.4) is 0 Å². The van der Waals surface area contributed by atoms with Crippen LogP contribution in [0.15, 0.2) is 48.5 Å². The number of benzene rings is 2. The van der Waals surface area contributed by atoms with Gasteiger partial charge in [-0.1, -0.05) is 36.4 Å². The zero-order valence-corrected chi connectivity index (χ0v) is 14.2. The Morgan fingerprint density at radius 3 is 2.50 bits per heavy atom. The maximum Gasteiger partial charge on any atom is 0.0576 e. The molecule has 1 aliphatic heterocycles. The van der Waals surface area contributed by atoms with Crippen molar-refractivity contribution in [1.29, 1.82) is 0 Å². The van der Waals surface area contributed by atoms with E-state index in [4.69, 9.17) is 5.73 Å². The van der Waals surface area contributed by atoms with Crippen molar-refractivity contribution in [3.63, 3.8) is 0 Å². The topological polar surface area (TPSA) is 41.3 Å². The highest BCUT2D eigenvalue weighted by Gasteiger charge is 2.29. The summed E-state index contributed by atoms with van der Waals surface area (Å²) < 4.78 is 0. The van der Waals surface area contributed by atoms with Crippen LogP contribution in [0.4, 0.5) is 11.4 Å². The van der Waals surface area contributed by atoms with Gasteiger partial charge >= 0.3 is 0 Å². The lowest BCUT2D eigenvalue weighted by Crippen LogP contribution is -2.42. The quantitative estimate of drug-likeness (QED) is 0.832. The zero-order chi connectivity index (χ0) is 16.4. The normalized spacial score (nSPS) is 22.1. The molecule has 2 aliphatic rings. The van der Waals surface area contributed by atoms with E-state index in [1.54, 1.807) is 11.1 Å². The summed E-state index contributed by atoms with van der Waals surface area (Å²) in [4.78, 5) is 2.70. The van der Waals surface area contributed by atoms with Crippen LogP contribution in [-0.4, -0.2) is 24.0 Å². The fourth-order valence-electron chi connectivity index (χ4n) is 4.31. The fraction of sp³-hybridized carbons (Fsp3) is 0.429. The average Bonchev–Trinajstić information content (AvgIpc) is 2.64. The number of nitrogens with zero attached hydrogens (tertiary/aromatic N) is 1. The number of aryl methyl sites for hydroxylation is 1. The lowest BCUT2D eigenvalue weighted by molar-refractivity contribution is 0.143. The van der Waals surface area contributed by atoms with Gasteiger partial charge in [-0.2, -0.15) is 0 Å². The SMILES string of the molecule is Nc1ccccc1NC1CCN(C2CCCc3ccccc32)CC1. The van der Waals surface area contributed by atoms with Gasteiger partial charge in [-0.05, 0) is 55.4 Å². The van der Waals surface area contributed by atoms with Crippen LogP contribution in [0.5, 0.6) is 0 Å². The van der Waals surface area contributed by atoms with Gasteiger partial charge in [-0.3, -0.25) is 4.90 Å². The zero-order valence-electron chi connectivity index (χ0n) is 14.2. The lowest BCUT2D eigenvalue weighted by atomic mass is 9.86. The van der Waals surface area contributed by atoms with Crippen LogP contribution in [0.2, 0.25) is 0 Å². The monoisotopic (exact) mass is 321 g/mol. The Hall–Kier alpha value is -2.00. The molecule has 2 aromatic carbocycles. The average molecular weight is 321 g/mol. The van der Waals surface area contributed by atoms with Crippen molar-refractivity contribution < 1.29 is 0 Å². The predicted molar refractivity (Wildman–Crippen MR) is 101 cm³/mol. The number of para-hydroxylation sites is 2. The highest BCUT2D eigenvalue weighted by molar-refractivity contribution is 5.66. The maximum absolute atomic E-state index is 6.06. The lowest BCUT2D eigenvalue weighted by Gasteiger charge is -2.40. The van der Waals surface area contributed by atoms with E-state index in [0.29, 0.717) is 12.1 Å². The number of fused-ring (bicyclic) bond motifs is 1. The highest BCUT2D eigenvalue weighted by Crippen LogP contribution is 2.36. The van der Waals surface area contributed by atoms with Gasteiger partial charge in [0.1, 0.15) is 0 Å². The standard InChI is InChI=1S/C21H27N3/c22-19-9-3-4-10-20(19)23-17-12-14-24(15-13-17)21-11-5-7-16-6-1-2-8-18(16)21/h1-4,6,8-10,17,21,23H,5,7,11-15,22H2. The third-order valence-corrected chi connectivity index (χ3v) is 5.63. The molecule has 1 saturated heterocycles. The number of piperidine rings is 1. The minimum Gasteiger partial charge on any atom is -0.397 e. The minimum atomic E-state index is 0.532. The molecule has 3 nitrogen and oxygen atoms in total. The van der Waals surface area contributed by atoms with Gasteiger partial charge in [0, 0.05) is 25.2 Å². The van der Waals surface area contributed by atoms with E-state index in [-0.39, 0.29) is 0 Å². The number of nitrogens with two attached hydrogens (primary N) is 1. The summed E-state index contributed by atoms with van der Waals surface area (Å²) in [6.07, 6.45) is 6.25. The van der Waals surface area contributed by atoms with Crippen molar-refractivity contribution >= 4 is 11.4 Å². The van der Waals surface area contributed by atoms with Crippen molar-refractivity contribution in [3.05, 3.63) is 59.7 Å². The Labute approximate surface area is 144 Å². The molecule has 0 aromatic heterocycles. The largest absolute Gasteiger partial charge is 0.397 e. The molecular formula is C21H27N3. The summed E-state index contributed by atoms with van der Waals surface area (Å²) in [5.74, 6) is 0. The van der Waals surface area contributed by atoms with Crippen LogP contribution in [-0.2, 0) is 6.42 Å². The van der Waals surface area contributed by atoms with Crippen LogP contribution in [0, 0.1) is 0 Å². The van der Waals surface area contributed by atoms with Crippen LogP contribution in [0.1, 0.15) is 42.9 Å². The predicted octanol–water partition coefficient (Wildman–Crippen LogP) is 4.22. The molecule has 1 fully saturated rings. The first kappa shape index (κ1) is 15.5. The molecule has 0 saturated carbocycles. The molecule has 1 heterocycles. The molecule has 0 bridgehead atoms. The highest BCUT2D eigenvalue weighted by atomic mass is 15.2. The van der Waals surface area contributed by atoms with Crippen molar-refractivity contribution in [2.75, 3.05) is 24.1 Å². The van der Waals surface area contributed by atoms with E-state index < -0.39 is 0 Å². The molecule has 1 atom stereocenters. The number of nitrogen functional groups attached to an aromatic ring is 1. The number of hydrogen-bond donors (Lipinski definition) is 2. The molecule has 0 radical (unpaired) electrons.